The van der Waals surface area contributed by atoms with Crippen molar-refractivity contribution in [3.05, 3.63) is 12.4 Å². The molecule has 1 aromatic heterocycles. The van der Waals surface area contributed by atoms with Crippen LogP contribution < -0.4 is 9.97 Å². The molecule has 3 saturated carbocycles. The van der Waals surface area contributed by atoms with E-state index in [1.165, 1.54) is 31.7 Å². The van der Waals surface area contributed by atoms with E-state index in [9.17, 15) is 0 Å². The third-order valence-corrected chi connectivity index (χ3v) is 3.28. The molecule has 3 N–H and O–H groups in total. The molecule has 84 valence electrons. The summed E-state index contributed by atoms with van der Waals surface area (Å²) in [5, 5.41) is 20.5. The molecule has 2 bridgehead atoms. The topological polar surface area (TPSA) is 87.5 Å². The maximum Gasteiger partial charge on any atom is 0.707 e. The maximum atomic E-state index is 8.58. The van der Waals surface area contributed by atoms with Gasteiger partial charge in [-0.2, -0.15) is 0 Å². The van der Waals surface area contributed by atoms with E-state index in [-0.39, 0.29) is 11.3 Å². The van der Waals surface area contributed by atoms with E-state index in [0.29, 0.717) is 5.95 Å². The highest BCUT2D eigenvalue weighted by molar-refractivity contribution is 6.33. The quantitative estimate of drug-likeness (QED) is 0.609. The number of nitrogens with one attached hydrogen (secondary N) is 1. The van der Waals surface area contributed by atoms with E-state index in [1.54, 1.807) is 0 Å². The van der Waals surface area contributed by atoms with Crippen LogP contribution in [0, 0.1) is 5.92 Å². The summed E-state index contributed by atoms with van der Waals surface area (Å²) in [4.78, 5) is 8.11. The predicted octanol–water partition coefficient (Wildman–Crippen LogP) is -0.211. The zero-order chi connectivity index (χ0) is 11.2. The van der Waals surface area contributed by atoms with Crippen molar-refractivity contribution in [1.29, 1.82) is 0 Å². The fraction of sp³-hybridized carbons (Fsp3) is 0.556. The molecule has 4 rings (SSSR count). The molecule has 3 fully saturated rings. The fourth-order valence-corrected chi connectivity index (χ4v) is 2.43. The van der Waals surface area contributed by atoms with Gasteiger partial charge in [0.1, 0.15) is 5.75 Å². The molecule has 0 saturated heterocycles. The second-order valence-electron chi connectivity index (χ2n) is 4.57. The van der Waals surface area contributed by atoms with Gasteiger partial charge >= 0.3 is 7.32 Å². The van der Waals surface area contributed by atoms with E-state index in [0.717, 1.165) is 5.92 Å². The molecule has 0 unspecified atom stereocenters. The highest BCUT2D eigenvalue weighted by Gasteiger charge is 2.56. The Morgan fingerprint density at radius 3 is 2.38 bits per heavy atom. The fourth-order valence-electron chi connectivity index (χ4n) is 2.43. The van der Waals surface area contributed by atoms with E-state index in [4.69, 9.17) is 10.0 Å². The molecule has 0 radical (unpaired) electrons. The second kappa shape index (κ2) is 3.33. The Bertz CT molecular complexity index is 380. The van der Waals surface area contributed by atoms with Crippen LogP contribution in [0.2, 0.25) is 0 Å². The first-order chi connectivity index (χ1) is 7.65. The van der Waals surface area contributed by atoms with Gasteiger partial charge in [0, 0.05) is 5.54 Å². The standard InChI is InChI=1S/C9H12BN3O3/c14-10(15)16-7-4-11-8(12-5-7)13-9-1-6(2-9)3-9/h4-6,14-15H,1-3H2,(H,11,12,13). The van der Waals surface area contributed by atoms with E-state index in [2.05, 4.69) is 19.9 Å². The van der Waals surface area contributed by atoms with Crippen molar-refractivity contribution in [2.45, 2.75) is 24.8 Å². The zero-order valence-electron chi connectivity index (χ0n) is 8.63. The second-order valence-corrected chi connectivity index (χ2v) is 4.57. The van der Waals surface area contributed by atoms with Crippen LogP contribution in [-0.2, 0) is 0 Å². The van der Waals surface area contributed by atoms with Gasteiger partial charge in [-0.15, -0.1) is 0 Å². The van der Waals surface area contributed by atoms with Crippen molar-refractivity contribution >= 4 is 13.3 Å². The van der Waals surface area contributed by atoms with Crippen LogP contribution in [0.1, 0.15) is 19.3 Å². The van der Waals surface area contributed by atoms with E-state index in [1.807, 2.05) is 0 Å². The third kappa shape index (κ3) is 1.62. The van der Waals surface area contributed by atoms with Crippen molar-refractivity contribution in [1.82, 2.24) is 9.97 Å². The average Bonchev–Trinajstić information content (AvgIpc) is 2.11. The lowest BCUT2D eigenvalue weighted by molar-refractivity contribution is 0.00145. The van der Waals surface area contributed by atoms with Gasteiger partial charge < -0.3 is 20.0 Å². The molecule has 0 spiro atoms. The lowest BCUT2D eigenvalue weighted by Crippen LogP contribution is -2.63. The third-order valence-electron chi connectivity index (χ3n) is 3.28. The van der Waals surface area contributed by atoms with Gasteiger partial charge in [0.05, 0.1) is 12.4 Å². The van der Waals surface area contributed by atoms with Gasteiger partial charge in [-0.1, -0.05) is 0 Å². The van der Waals surface area contributed by atoms with Crippen LogP contribution >= 0.6 is 0 Å². The average molecular weight is 221 g/mol. The Balaban J connectivity index is 1.63. The Hall–Kier alpha value is -1.34. The van der Waals surface area contributed by atoms with Crippen molar-refractivity contribution in [2.24, 2.45) is 5.92 Å². The monoisotopic (exact) mass is 221 g/mol. The lowest BCUT2D eigenvalue weighted by Gasteiger charge is -2.61. The molecular weight excluding hydrogens is 209 g/mol. The summed E-state index contributed by atoms with van der Waals surface area (Å²) in [5.41, 5.74) is 0.240. The normalized spacial score (nSPS) is 30.0. The van der Waals surface area contributed by atoms with Crippen molar-refractivity contribution in [2.75, 3.05) is 5.32 Å². The first kappa shape index (κ1) is 9.86. The number of hydrogen-bond donors (Lipinski definition) is 3. The Kier molecular flexibility index (Phi) is 2.05. The summed E-state index contributed by atoms with van der Waals surface area (Å²) < 4.78 is 4.61. The molecule has 16 heavy (non-hydrogen) atoms. The van der Waals surface area contributed by atoms with Gasteiger partial charge in [0.25, 0.3) is 0 Å². The van der Waals surface area contributed by atoms with Crippen LogP contribution in [0.25, 0.3) is 0 Å². The largest absolute Gasteiger partial charge is 0.707 e. The summed E-state index contributed by atoms with van der Waals surface area (Å²) in [5.74, 6) is 1.70. The highest BCUT2D eigenvalue weighted by Crippen LogP contribution is 2.58. The molecular formula is C9H12BN3O3. The first-order valence-corrected chi connectivity index (χ1v) is 5.28. The number of anilines is 1. The van der Waals surface area contributed by atoms with Crippen LogP contribution in [0.4, 0.5) is 5.95 Å². The minimum Gasteiger partial charge on any atom is -0.509 e. The zero-order valence-corrected chi connectivity index (χ0v) is 8.63. The molecule has 0 aliphatic heterocycles. The minimum atomic E-state index is -1.83. The van der Waals surface area contributed by atoms with Gasteiger partial charge in [-0.05, 0) is 25.2 Å². The maximum absolute atomic E-state index is 8.58. The lowest BCUT2D eigenvalue weighted by atomic mass is 9.50. The van der Waals surface area contributed by atoms with Crippen LogP contribution in [-0.4, -0.2) is 32.9 Å². The van der Waals surface area contributed by atoms with Crippen molar-refractivity contribution < 1.29 is 14.7 Å². The Labute approximate surface area is 92.9 Å². The molecule has 1 aromatic rings. The Morgan fingerprint density at radius 1 is 1.31 bits per heavy atom. The van der Waals surface area contributed by atoms with E-state index >= 15 is 0 Å². The molecule has 7 heteroatoms. The molecule has 3 aliphatic rings. The molecule has 0 aromatic carbocycles. The molecule has 0 amide bonds. The van der Waals surface area contributed by atoms with E-state index < -0.39 is 7.32 Å². The van der Waals surface area contributed by atoms with Crippen molar-refractivity contribution in [3.63, 3.8) is 0 Å². The molecule has 1 heterocycles. The number of aromatic nitrogens is 2. The predicted molar refractivity (Wildman–Crippen MR) is 56.5 cm³/mol. The number of nitrogens with zero attached hydrogens (tertiary/aromatic N) is 2. The van der Waals surface area contributed by atoms with Crippen LogP contribution in [0.5, 0.6) is 5.75 Å². The minimum absolute atomic E-state index is 0.234. The summed E-state index contributed by atoms with van der Waals surface area (Å²) >= 11 is 0. The van der Waals surface area contributed by atoms with Gasteiger partial charge in [-0.3, -0.25) is 0 Å². The first-order valence-electron chi connectivity index (χ1n) is 5.28. The summed E-state index contributed by atoms with van der Waals surface area (Å²) in [6, 6.07) is 0. The summed E-state index contributed by atoms with van der Waals surface area (Å²) in [7, 11) is -1.83. The number of hydrogen-bond acceptors (Lipinski definition) is 6. The number of rotatable bonds is 4. The van der Waals surface area contributed by atoms with Crippen LogP contribution in [0.15, 0.2) is 12.4 Å². The molecule has 6 nitrogen and oxygen atoms in total. The van der Waals surface area contributed by atoms with Gasteiger partial charge in [0.15, 0.2) is 0 Å². The molecule has 3 aliphatic carbocycles. The SMILES string of the molecule is OB(O)Oc1cnc(NC23CC(C2)C3)nc1. The summed E-state index contributed by atoms with van der Waals surface area (Å²) in [6.45, 7) is 0. The van der Waals surface area contributed by atoms with Gasteiger partial charge in [0.2, 0.25) is 5.95 Å². The highest BCUT2D eigenvalue weighted by atomic mass is 16.6. The van der Waals surface area contributed by atoms with Crippen molar-refractivity contribution in [3.8, 4) is 5.75 Å². The van der Waals surface area contributed by atoms with Gasteiger partial charge in [-0.25, -0.2) is 9.97 Å². The van der Waals surface area contributed by atoms with Crippen LogP contribution in [0.3, 0.4) is 0 Å². The molecule has 0 atom stereocenters. The summed E-state index contributed by atoms with van der Waals surface area (Å²) in [6.07, 6.45) is 6.47. The smallest absolute Gasteiger partial charge is 0.509 e. The Morgan fingerprint density at radius 2 is 1.94 bits per heavy atom.